The second-order valence-electron chi connectivity index (χ2n) is 2.31. The first kappa shape index (κ1) is 7.43. The molecule has 52 valence electrons. The third-order valence-electron chi connectivity index (χ3n) is 1.67. The Hall–Kier alpha value is -0.680. The summed E-state index contributed by atoms with van der Waals surface area (Å²) in [6, 6.07) is 5.81. The third kappa shape index (κ3) is 1.25. The molecule has 0 spiro atoms. The van der Waals surface area contributed by atoms with Gasteiger partial charge in [0.2, 0.25) is 0 Å². The molecule has 0 fully saturated rings. The fourth-order valence-corrected chi connectivity index (χ4v) is 1.29. The van der Waals surface area contributed by atoms with Crippen LogP contribution in [-0.2, 0) is 4.57 Å². The maximum atomic E-state index is 10.5. The average molecular weight is 152 g/mol. The minimum atomic E-state index is 0.117. The maximum absolute atomic E-state index is 10.5. The lowest BCUT2D eigenvalue weighted by molar-refractivity contribution is 0.603. The average Bonchev–Trinajstić information content (AvgIpc) is 1.95. The van der Waals surface area contributed by atoms with Crippen molar-refractivity contribution in [2.24, 2.45) is 0 Å². The molecule has 0 aliphatic carbocycles. The van der Waals surface area contributed by atoms with Crippen LogP contribution in [0, 0.1) is 13.8 Å². The maximum Gasteiger partial charge on any atom is 0.192 e. The Bertz CT molecular complexity index is 255. The van der Waals surface area contributed by atoms with Gasteiger partial charge in [0.15, 0.2) is 8.46 Å². The molecule has 0 heterocycles. The van der Waals surface area contributed by atoms with E-state index in [1.165, 1.54) is 5.56 Å². The zero-order valence-electron chi connectivity index (χ0n) is 6.09. The van der Waals surface area contributed by atoms with E-state index in [9.17, 15) is 4.57 Å². The standard InChI is InChI=1S/C8H9OP/c1-6-4-3-5-8(10-9)7(6)2/h3-5H,1-2H3. The molecular formula is C8H9OP. The molecule has 0 aromatic heterocycles. The van der Waals surface area contributed by atoms with Crippen molar-refractivity contribution < 1.29 is 4.57 Å². The van der Waals surface area contributed by atoms with Crippen molar-refractivity contribution in [3.8, 4) is 0 Å². The molecule has 0 amide bonds. The lowest BCUT2D eigenvalue weighted by Crippen LogP contribution is -1.98. The van der Waals surface area contributed by atoms with Crippen molar-refractivity contribution in [2.45, 2.75) is 13.8 Å². The van der Waals surface area contributed by atoms with Gasteiger partial charge in [-0.3, -0.25) is 4.57 Å². The van der Waals surface area contributed by atoms with Gasteiger partial charge in [-0.05, 0) is 31.0 Å². The first-order chi connectivity index (χ1) is 4.75. The van der Waals surface area contributed by atoms with Crippen molar-refractivity contribution in [1.29, 1.82) is 0 Å². The van der Waals surface area contributed by atoms with Crippen LogP contribution < -0.4 is 5.30 Å². The van der Waals surface area contributed by atoms with E-state index in [0.29, 0.717) is 0 Å². The number of hydrogen-bond donors (Lipinski definition) is 0. The molecule has 1 nitrogen and oxygen atoms in total. The Morgan fingerprint density at radius 2 is 2.00 bits per heavy atom. The summed E-state index contributed by atoms with van der Waals surface area (Å²) in [5, 5.41) is 0.889. The Morgan fingerprint density at radius 1 is 1.30 bits per heavy atom. The van der Waals surface area contributed by atoms with Crippen LogP contribution in [0.25, 0.3) is 0 Å². The molecule has 10 heavy (non-hydrogen) atoms. The lowest BCUT2D eigenvalue weighted by atomic mass is 10.1. The highest BCUT2D eigenvalue weighted by Gasteiger charge is 1.97. The third-order valence-corrected chi connectivity index (χ3v) is 2.36. The van der Waals surface area contributed by atoms with E-state index in [1.54, 1.807) is 0 Å². The van der Waals surface area contributed by atoms with Gasteiger partial charge in [0.25, 0.3) is 0 Å². The monoisotopic (exact) mass is 152 g/mol. The molecule has 0 aliphatic heterocycles. The lowest BCUT2D eigenvalue weighted by Gasteiger charge is -1.99. The molecule has 0 unspecified atom stereocenters. The van der Waals surface area contributed by atoms with Crippen LogP contribution in [0.15, 0.2) is 18.2 Å². The number of aryl methyl sites for hydroxylation is 1. The van der Waals surface area contributed by atoms with E-state index in [0.717, 1.165) is 10.9 Å². The number of hydrogen-bond acceptors (Lipinski definition) is 1. The van der Waals surface area contributed by atoms with Crippen LogP contribution in [0.1, 0.15) is 11.1 Å². The summed E-state index contributed by atoms with van der Waals surface area (Å²) in [5.74, 6) is 0. The Morgan fingerprint density at radius 3 is 2.50 bits per heavy atom. The smallest absolute Gasteiger partial charge is 0.192 e. The van der Waals surface area contributed by atoms with Crippen LogP contribution in [-0.4, -0.2) is 0 Å². The summed E-state index contributed by atoms with van der Waals surface area (Å²) >= 11 is 0. The molecule has 0 bridgehead atoms. The van der Waals surface area contributed by atoms with Gasteiger partial charge in [0.05, 0.1) is 0 Å². The van der Waals surface area contributed by atoms with Crippen molar-refractivity contribution in [1.82, 2.24) is 0 Å². The van der Waals surface area contributed by atoms with E-state index in [-0.39, 0.29) is 8.46 Å². The quantitative estimate of drug-likeness (QED) is 0.564. The zero-order chi connectivity index (χ0) is 7.56. The highest BCUT2D eigenvalue weighted by molar-refractivity contribution is 7.34. The van der Waals surface area contributed by atoms with E-state index in [4.69, 9.17) is 0 Å². The Kier molecular flexibility index (Phi) is 2.18. The summed E-state index contributed by atoms with van der Waals surface area (Å²) in [6.45, 7) is 4.00. The van der Waals surface area contributed by atoms with Crippen molar-refractivity contribution in [3.05, 3.63) is 29.3 Å². The van der Waals surface area contributed by atoms with Crippen molar-refractivity contribution in [3.63, 3.8) is 0 Å². The molecule has 0 saturated carbocycles. The van der Waals surface area contributed by atoms with Gasteiger partial charge in [-0.1, -0.05) is 12.1 Å². The van der Waals surface area contributed by atoms with Gasteiger partial charge in [0.1, 0.15) is 0 Å². The largest absolute Gasteiger partial charge is 0.269 e. The second kappa shape index (κ2) is 2.94. The Balaban J connectivity index is 3.27. The summed E-state index contributed by atoms with van der Waals surface area (Å²) in [7, 11) is 0.117. The highest BCUT2D eigenvalue weighted by atomic mass is 31.1. The minimum absolute atomic E-state index is 0.117. The number of rotatable bonds is 1. The molecule has 0 atom stereocenters. The van der Waals surface area contributed by atoms with Crippen molar-refractivity contribution in [2.75, 3.05) is 0 Å². The fraction of sp³-hybridized carbons (Fsp3) is 0.250. The van der Waals surface area contributed by atoms with Crippen LogP contribution in [0.3, 0.4) is 0 Å². The fourth-order valence-electron chi connectivity index (χ4n) is 0.835. The minimum Gasteiger partial charge on any atom is -0.269 e. The topological polar surface area (TPSA) is 17.1 Å². The molecule has 1 rings (SSSR count). The van der Waals surface area contributed by atoms with Crippen LogP contribution in [0.5, 0.6) is 0 Å². The van der Waals surface area contributed by atoms with Crippen LogP contribution >= 0.6 is 8.46 Å². The predicted molar refractivity (Wildman–Crippen MR) is 43.2 cm³/mol. The molecule has 0 aliphatic rings. The van der Waals surface area contributed by atoms with E-state index in [2.05, 4.69) is 0 Å². The zero-order valence-corrected chi connectivity index (χ0v) is 6.98. The van der Waals surface area contributed by atoms with Gasteiger partial charge < -0.3 is 0 Å². The summed E-state index contributed by atoms with van der Waals surface area (Å²) in [5.41, 5.74) is 2.32. The Labute approximate surface area is 62.3 Å². The first-order valence-corrected chi connectivity index (χ1v) is 3.96. The highest BCUT2D eigenvalue weighted by Crippen LogP contribution is 2.07. The predicted octanol–water partition coefficient (Wildman–Crippen LogP) is 2.22. The van der Waals surface area contributed by atoms with Crippen molar-refractivity contribution >= 4 is 13.8 Å². The van der Waals surface area contributed by atoms with Crippen LogP contribution in [0.4, 0.5) is 0 Å². The number of benzene rings is 1. The van der Waals surface area contributed by atoms with Gasteiger partial charge in [0, 0.05) is 5.30 Å². The molecule has 0 N–H and O–H groups in total. The first-order valence-electron chi connectivity index (χ1n) is 3.15. The van der Waals surface area contributed by atoms with Gasteiger partial charge in [-0.25, -0.2) is 0 Å². The molecule has 0 saturated heterocycles. The van der Waals surface area contributed by atoms with E-state index < -0.39 is 0 Å². The summed E-state index contributed by atoms with van der Waals surface area (Å²) in [4.78, 5) is 0. The molecule has 2 heteroatoms. The second-order valence-corrected chi connectivity index (χ2v) is 2.97. The van der Waals surface area contributed by atoms with Crippen LogP contribution in [0.2, 0.25) is 0 Å². The molecule has 1 aromatic carbocycles. The van der Waals surface area contributed by atoms with E-state index >= 15 is 0 Å². The SMILES string of the molecule is Cc1cccc(P=O)c1C. The molecule has 1 aromatic rings. The van der Waals surface area contributed by atoms with Gasteiger partial charge >= 0.3 is 0 Å². The molecule has 0 radical (unpaired) electrons. The van der Waals surface area contributed by atoms with E-state index in [1.807, 2.05) is 32.0 Å². The van der Waals surface area contributed by atoms with Gasteiger partial charge in [-0.15, -0.1) is 0 Å². The van der Waals surface area contributed by atoms with Gasteiger partial charge in [-0.2, -0.15) is 0 Å². The summed E-state index contributed by atoms with van der Waals surface area (Å²) < 4.78 is 10.5. The normalized spacial score (nSPS) is 10.2. The molecular weight excluding hydrogens is 143 g/mol. The summed E-state index contributed by atoms with van der Waals surface area (Å²) in [6.07, 6.45) is 0.